The maximum absolute atomic E-state index is 11.3. The fourth-order valence-corrected chi connectivity index (χ4v) is 3.10. The Hall–Kier alpha value is -1.33. The van der Waals surface area contributed by atoms with E-state index < -0.39 is 0 Å². The van der Waals surface area contributed by atoms with E-state index in [1.54, 1.807) is 17.4 Å². The van der Waals surface area contributed by atoms with Crippen molar-refractivity contribution in [2.75, 3.05) is 17.7 Å². The molecule has 0 saturated heterocycles. The number of thiophene rings is 1. The van der Waals surface area contributed by atoms with Crippen LogP contribution in [0.2, 0.25) is 0 Å². The van der Waals surface area contributed by atoms with Gasteiger partial charge in [0.25, 0.3) is 0 Å². The fraction of sp³-hybridized carbons (Fsp3) is 0.214. The van der Waals surface area contributed by atoms with Crippen molar-refractivity contribution in [3.05, 3.63) is 44.6 Å². The summed E-state index contributed by atoms with van der Waals surface area (Å²) in [6.07, 6.45) is 0. The van der Waals surface area contributed by atoms with E-state index in [1.807, 2.05) is 19.2 Å². The van der Waals surface area contributed by atoms with Crippen LogP contribution in [0.5, 0.6) is 0 Å². The quantitative estimate of drug-likeness (QED) is 0.678. The van der Waals surface area contributed by atoms with E-state index in [2.05, 4.69) is 32.3 Å². The number of ketones is 1. The van der Waals surface area contributed by atoms with E-state index in [4.69, 9.17) is 5.73 Å². The summed E-state index contributed by atoms with van der Waals surface area (Å²) >= 11 is 5.13. The lowest BCUT2D eigenvalue weighted by atomic mass is 10.1. The monoisotopic (exact) mass is 338 g/mol. The van der Waals surface area contributed by atoms with Gasteiger partial charge in [0.05, 0.1) is 3.79 Å². The first-order valence-electron chi connectivity index (χ1n) is 5.82. The summed E-state index contributed by atoms with van der Waals surface area (Å²) in [5.74, 6) is -0.00605. The van der Waals surface area contributed by atoms with Crippen molar-refractivity contribution in [2.45, 2.75) is 13.5 Å². The normalized spacial score (nSPS) is 10.5. The number of nitrogens with two attached hydrogens (primary N) is 1. The summed E-state index contributed by atoms with van der Waals surface area (Å²) in [7, 11) is 2.01. The maximum atomic E-state index is 11.3. The molecule has 0 aliphatic heterocycles. The maximum Gasteiger partial charge on any atom is 0.161 e. The first-order chi connectivity index (χ1) is 8.97. The van der Waals surface area contributed by atoms with Crippen LogP contribution in [0.4, 0.5) is 11.4 Å². The molecule has 3 nitrogen and oxygen atoms in total. The number of benzene rings is 1. The highest BCUT2D eigenvalue weighted by atomic mass is 79.9. The lowest BCUT2D eigenvalue weighted by Crippen LogP contribution is -2.16. The second-order valence-corrected chi connectivity index (χ2v) is 6.73. The van der Waals surface area contributed by atoms with Gasteiger partial charge in [0.1, 0.15) is 0 Å². The molecule has 0 bridgehead atoms. The zero-order chi connectivity index (χ0) is 14.0. The lowest BCUT2D eigenvalue weighted by Gasteiger charge is -2.19. The number of hydrogen-bond acceptors (Lipinski definition) is 4. The van der Waals surface area contributed by atoms with Crippen LogP contribution in [0.25, 0.3) is 0 Å². The third kappa shape index (κ3) is 3.36. The fourth-order valence-electron chi connectivity index (χ4n) is 1.90. The number of nitrogens with zero attached hydrogens (tertiary/aromatic N) is 1. The Balaban J connectivity index is 2.17. The second-order valence-electron chi connectivity index (χ2n) is 4.44. The van der Waals surface area contributed by atoms with Gasteiger partial charge < -0.3 is 10.6 Å². The predicted molar refractivity (Wildman–Crippen MR) is 85.0 cm³/mol. The van der Waals surface area contributed by atoms with Crippen LogP contribution in [0, 0.1) is 0 Å². The van der Waals surface area contributed by atoms with Gasteiger partial charge in [-0.15, -0.1) is 11.3 Å². The van der Waals surface area contributed by atoms with Gasteiger partial charge in [-0.25, -0.2) is 0 Å². The number of halogens is 1. The highest BCUT2D eigenvalue weighted by Gasteiger charge is 2.09. The molecule has 1 aromatic carbocycles. The predicted octanol–water partition coefficient (Wildman–Crippen LogP) is 3.93. The van der Waals surface area contributed by atoms with Crippen LogP contribution in [-0.2, 0) is 6.54 Å². The summed E-state index contributed by atoms with van der Waals surface area (Å²) in [5, 5.41) is 2.12. The average Bonchev–Trinajstić information content (AvgIpc) is 2.74. The summed E-state index contributed by atoms with van der Waals surface area (Å²) in [6.45, 7) is 2.33. The molecule has 0 radical (unpaired) electrons. The van der Waals surface area contributed by atoms with E-state index in [1.165, 1.54) is 12.5 Å². The standard InChI is InChI=1S/C14H15BrN2OS/c1-9(18)12-4-3-11(6-13(12)16)17(2)7-10-5-14(15)19-8-10/h3-6,8H,7,16H2,1-2H3. The average molecular weight is 339 g/mol. The molecule has 5 heteroatoms. The van der Waals surface area contributed by atoms with E-state index in [0.717, 1.165) is 16.0 Å². The zero-order valence-corrected chi connectivity index (χ0v) is 13.2. The van der Waals surface area contributed by atoms with Gasteiger partial charge in [-0.2, -0.15) is 0 Å². The van der Waals surface area contributed by atoms with Gasteiger partial charge in [0.15, 0.2) is 5.78 Å². The van der Waals surface area contributed by atoms with Crippen molar-refractivity contribution in [3.8, 4) is 0 Å². The van der Waals surface area contributed by atoms with Gasteiger partial charge in [-0.3, -0.25) is 4.79 Å². The van der Waals surface area contributed by atoms with Crippen molar-refractivity contribution in [1.29, 1.82) is 0 Å². The molecule has 0 fully saturated rings. The number of rotatable bonds is 4. The topological polar surface area (TPSA) is 46.3 Å². The molecule has 1 heterocycles. The molecule has 1 aromatic heterocycles. The molecule has 0 spiro atoms. The van der Waals surface area contributed by atoms with Gasteiger partial charge in [-0.1, -0.05) is 0 Å². The van der Waals surface area contributed by atoms with E-state index in [0.29, 0.717) is 11.3 Å². The minimum absolute atomic E-state index is 0.00605. The molecule has 2 rings (SSSR count). The molecule has 0 atom stereocenters. The van der Waals surface area contributed by atoms with Gasteiger partial charge in [-0.05, 0) is 58.1 Å². The lowest BCUT2D eigenvalue weighted by molar-refractivity contribution is 0.101. The first kappa shape index (κ1) is 14.1. The Morgan fingerprint density at radius 2 is 2.16 bits per heavy atom. The molecular formula is C14H15BrN2OS. The number of carbonyl (C=O) groups is 1. The van der Waals surface area contributed by atoms with E-state index in [9.17, 15) is 4.79 Å². The Kier molecular flexibility index (Phi) is 4.27. The number of nitrogen functional groups attached to an aromatic ring is 1. The minimum atomic E-state index is -0.00605. The minimum Gasteiger partial charge on any atom is -0.398 e. The van der Waals surface area contributed by atoms with Gasteiger partial charge in [0.2, 0.25) is 0 Å². The molecule has 19 heavy (non-hydrogen) atoms. The molecule has 0 amide bonds. The SMILES string of the molecule is CC(=O)c1ccc(N(C)Cc2csc(Br)c2)cc1N. The summed E-state index contributed by atoms with van der Waals surface area (Å²) in [6, 6.07) is 7.66. The second kappa shape index (κ2) is 5.75. The van der Waals surface area contributed by atoms with Crippen LogP contribution in [0.1, 0.15) is 22.8 Å². The Bertz CT molecular complexity index is 609. The highest BCUT2D eigenvalue weighted by Crippen LogP contribution is 2.25. The number of Topliss-reactive ketones (excluding diaryl/α,β-unsaturated/α-hetero) is 1. The molecule has 0 saturated carbocycles. The van der Waals surface area contributed by atoms with Crippen LogP contribution < -0.4 is 10.6 Å². The molecule has 0 aliphatic carbocycles. The third-order valence-corrected chi connectivity index (χ3v) is 4.45. The van der Waals surface area contributed by atoms with E-state index in [-0.39, 0.29) is 5.78 Å². The van der Waals surface area contributed by atoms with Crippen molar-refractivity contribution in [1.82, 2.24) is 0 Å². The van der Waals surface area contributed by atoms with Gasteiger partial charge in [0, 0.05) is 30.5 Å². The van der Waals surface area contributed by atoms with Crippen molar-refractivity contribution >= 4 is 44.4 Å². The van der Waals surface area contributed by atoms with Crippen molar-refractivity contribution in [2.24, 2.45) is 0 Å². The summed E-state index contributed by atoms with van der Waals surface area (Å²) in [4.78, 5) is 13.4. The van der Waals surface area contributed by atoms with Crippen molar-refractivity contribution < 1.29 is 4.79 Å². The third-order valence-electron chi connectivity index (χ3n) is 2.90. The first-order valence-corrected chi connectivity index (χ1v) is 7.49. The Labute approximate surface area is 125 Å². The number of hydrogen-bond donors (Lipinski definition) is 1. The van der Waals surface area contributed by atoms with Crippen LogP contribution >= 0.6 is 27.3 Å². The van der Waals surface area contributed by atoms with Crippen LogP contribution in [-0.4, -0.2) is 12.8 Å². The molecule has 2 aromatic rings. The zero-order valence-electron chi connectivity index (χ0n) is 10.8. The largest absolute Gasteiger partial charge is 0.398 e. The Morgan fingerprint density at radius 3 is 2.68 bits per heavy atom. The number of anilines is 2. The molecule has 0 aliphatic rings. The van der Waals surface area contributed by atoms with Crippen LogP contribution in [0.15, 0.2) is 33.4 Å². The Morgan fingerprint density at radius 1 is 1.42 bits per heavy atom. The van der Waals surface area contributed by atoms with E-state index >= 15 is 0 Å². The summed E-state index contributed by atoms with van der Waals surface area (Å²) < 4.78 is 1.13. The van der Waals surface area contributed by atoms with Gasteiger partial charge >= 0.3 is 0 Å². The molecule has 100 valence electrons. The molecular weight excluding hydrogens is 324 g/mol. The van der Waals surface area contributed by atoms with Crippen LogP contribution in [0.3, 0.4) is 0 Å². The van der Waals surface area contributed by atoms with Crippen molar-refractivity contribution in [3.63, 3.8) is 0 Å². The molecule has 2 N–H and O–H groups in total. The highest BCUT2D eigenvalue weighted by molar-refractivity contribution is 9.11. The summed E-state index contributed by atoms with van der Waals surface area (Å²) in [5.41, 5.74) is 9.26. The number of carbonyl (C=O) groups excluding carboxylic acids is 1. The molecule has 0 unspecified atom stereocenters. The smallest absolute Gasteiger partial charge is 0.161 e.